The zero-order valence-corrected chi connectivity index (χ0v) is 43.0. The zero-order chi connectivity index (χ0) is 45.9. The van der Waals surface area contributed by atoms with Gasteiger partial charge in [-0.2, -0.15) is 0 Å². The van der Waals surface area contributed by atoms with E-state index in [1.54, 1.807) is 0 Å². The molecule has 0 aromatic heterocycles. The Morgan fingerprint density at radius 2 is 0.524 bits per heavy atom. The standard InChI is InChI=1S/C57H110O6/c1-5-7-9-11-13-15-17-19-20-21-22-25-30-34-38-42-46-50-57(60)63-54(51-61-55(58)48-44-40-36-32-28-18-16-14-12-10-8-6-2)52-62-56(59)49-45-41-37-33-29-26-23-24-27-31-35-39-43-47-53(3)4/h53-54H,5-52H2,1-4H3/t54-/m0/s1. The molecule has 374 valence electrons. The minimum atomic E-state index is -0.761. The highest BCUT2D eigenvalue weighted by molar-refractivity contribution is 5.71. The van der Waals surface area contributed by atoms with Crippen LogP contribution in [0.5, 0.6) is 0 Å². The van der Waals surface area contributed by atoms with Gasteiger partial charge in [-0.15, -0.1) is 0 Å². The van der Waals surface area contributed by atoms with Crippen molar-refractivity contribution in [1.29, 1.82) is 0 Å². The largest absolute Gasteiger partial charge is 0.462 e. The molecule has 0 aliphatic heterocycles. The first-order chi connectivity index (χ1) is 30.9. The lowest BCUT2D eigenvalue weighted by atomic mass is 10.0. The molecule has 6 nitrogen and oxygen atoms in total. The molecule has 0 saturated carbocycles. The topological polar surface area (TPSA) is 78.9 Å². The first kappa shape index (κ1) is 61.4. The van der Waals surface area contributed by atoms with Crippen LogP contribution in [0.2, 0.25) is 0 Å². The fourth-order valence-corrected chi connectivity index (χ4v) is 8.75. The summed E-state index contributed by atoms with van der Waals surface area (Å²) in [5.41, 5.74) is 0. The molecule has 0 N–H and O–H groups in total. The molecule has 0 saturated heterocycles. The van der Waals surface area contributed by atoms with E-state index in [1.165, 1.54) is 218 Å². The maximum atomic E-state index is 12.8. The van der Waals surface area contributed by atoms with E-state index in [0.29, 0.717) is 19.3 Å². The van der Waals surface area contributed by atoms with Crippen LogP contribution in [0.25, 0.3) is 0 Å². The second kappa shape index (κ2) is 51.4. The van der Waals surface area contributed by atoms with E-state index in [1.807, 2.05) is 0 Å². The molecule has 63 heavy (non-hydrogen) atoms. The van der Waals surface area contributed by atoms with Crippen molar-refractivity contribution >= 4 is 17.9 Å². The van der Waals surface area contributed by atoms with E-state index in [-0.39, 0.29) is 31.1 Å². The SMILES string of the molecule is CCCCCCCCCCCCCCCCCCCC(=O)O[C@@H](COC(=O)CCCCCCCCCCCCCC)COC(=O)CCCCCCCCCCCCCCCC(C)C. The Hall–Kier alpha value is -1.59. The number of rotatable bonds is 52. The van der Waals surface area contributed by atoms with Gasteiger partial charge >= 0.3 is 17.9 Å². The molecule has 0 heterocycles. The summed E-state index contributed by atoms with van der Waals surface area (Å²) in [4.78, 5) is 38.1. The summed E-state index contributed by atoms with van der Waals surface area (Å²) in [5.74, 6) is 0.00283. The molecule has 0 radical (unpaired) electrons. The van der Waals surface area contributed by atoms with Gasteiger partial charge in [0, 0.05) is 19.3 Å². The molecular weight excluding hydrogens is 781 g/mol. The van der Waals surface area contributed by atoms with Gasteiger partial charge in [0.25, 0.3) is 0 Å². The Kier molecular flexibility index (Phi) is 50.1. The van der Waals surface area contributed by atoms with Crippen molar-refractivity contribution in [2.75, 3.05) is 13.2 Å². The third-order valence-corrected chi connectivity index (χ3v) is 13.0. The van der Waals surface area contributed by atoms with E-state index >= 15 is 0 Å². The van der Waals surface area contributed by atoms with Gasteiger partial charge in [0.05, 0.1) is 0 Å². The lowest BCUT2D eigenvalue weighted by molar-refractivity contribution is -0.167. The number of hydrogen-bond donors (Lipinski definition) is 0. The van der Waals surface area contributed by atoms with Crippen LogP contribution in [0.3, 0.4) is 0 Å². The zero-order valence-electron chi connectivity index (χ0n) is 43.0. The van der Waals surface area contributed by atoms with E-state index < -0.39 is 6.10 Å². The van der Waals surface area contributed by atoms with Crippen molar-refractivity contribution in [3.63, 3.8) is 0 Å². The van der Waals surface area contributed by atoms with Crippen molar-refractivity contribution in [2.24, 2.45) is 5.92 Å². The molecule has 0 aliphatic rings. The minimum Gasteiger partial charge on any atom is -0.462 e. The predicted octanol–water partition coefficient (Wildman–Crippen LogP) is 18.6. The van der Waals surface area contributed by atoms with Crippen molar-refractivity contribution in [3.8, 4) is 0 Å². The number of unbranched alkanes of at least 4 members (excludes halogenated alkanes) is 39. The van der Waals surface area contributed by atoms with Gasteiger partial charge in [-0.1, -0.05) is 285 Å². The summed E-state index contributed by atoms with van der Waals surface area (Å²) in [6, 6.07) is 0. The smallest absolute Gasteiger partial charge is 0.306 e. The number of ether oxygens (including phenoxy) is 3. The third-order valence-electron chi connectivity index (χ3n) is 13.0. The number of hydrogen-bond acceptors (Lipinski definition) is 6. The molecule has 0 bridgehead atoms. The summed E-state index contributed by atoms with van der Waals surface area (Å²) < 4.78 is 16.9. The van der Waals surface area contributed by atoms with Crippen LogP contribution in [0, 0.1) is 5.92 Å². The summed E-state index contributed by atoms with van der Waals surface area (Å²) in [5, 5.41) is 0. The van der Waals surface area contributed by atoms with Gasteiger partial charge in [0.1, 0.15) is 13.2 Å². The quantitative estimate of drug-likeness (QED) is 0.0344. The molecule has 0 fully saturated rings. The van der Waals surface area contributed by atoms with Crippen LogP contribution >= 0.6 is 0 Å². The Bertz CT molecular complexity index is 949. The molecular formula is C57H110O6. The van der Waals surface area contributed by atoms with Gasteiger partial charge < -0.3 is 14.2 Å². The molecule has 0 aromatic rings. The van der Waals surface area contributed by atoms with E-state index in [2.05, 4.69) is 27.7 Å². The first-order valence-electron chi connectivity index (χ1n) is 28.4. The van der Waals surface area contributed by atoms with Crippen molar-refractivity contribution in [3.05, 3.63) is 0 Å². The minimum absolute atomic E-state index is 0.0620. The second-order valence-corrected chi connectivity index (χ2v) is 20.1. The molecule has 0 rings (SSSR count). The van der Waals surface area contributed by atoms with Crippen LogP contribution in [0.1, 0.15) is 323 Å². The highest BCUT2D eigenvalue weighted by atomic mass is 16.6. The number of carbonyl (C=O) groups excluding carboxylic acids is 3. The Balaban J connectivity index is 4.28. The summed E-state index contributed by atoms with van der Waals surface area (Å²) in [7, 11) is 0. The van der Waals surface area contributed by atoms with Crippen molar-refractivity contribution in [1.82, 2.24) is 0 Å². The molecule has 0 aliphatic carbocycles. The van der Waals surface area contributed by atoms with E-state index in [4.69, 9.17) is 14.2 Å². The third kappa shape index (κ3) is 51.3. The molecule has 6 heteroatoms. The lowest BCUT2D eigenvalue weighted by Crippen LogP contribution is -2.30. The van der Waals surface area contributed by atoms with E-state index in [9.17, 15) is 14.4 Å². The average Bonchev–Trinajstić information content (AvgIpc) is 3.27. The van der Waals surface area contributed by atoms with Gasteiger partial charge in [-0.25, -0.2) is 0 Å². The maximum Gasteiger partial charge on any atom is 0.306 e. The van der Waals surface area contributed by atoms with Crippen LogP contribution < -0.4 is 0 Å². The van der Waals surface area contributed by atoms with Gasteiger partial charge in [-0.3, -0.25) is 14.4 Å². The van der Waals surface area contributed by atoms with Crippen LogP contribution in [0.4, 0.5) is 0 Å². The normalized spacial score (nSPS) is 12.0. The number of esters is 3. The lowest BCUT2D eigenvalue weighted by Gasteiger charge is -2.18. The van der Waals surface area contributed by atoms with E-state index in [0.717, 1.165) is 63.7 Å². The Labute approximate surface area is 393 Å². The Morgan fingerprint density at radius 3 is 0.778 bits per heavy atom. The highest BCUT2D eigenvalue weighted by Crippen LogP contribution is 2.18. The molecule has 0 unspecified atom stereocenters. The van der Waals surface area contributed by atoms with Gasteiger partial charge in [0.15, 0.2) is 6.10 Å². The van der Waals surface area contributed by atoms with Crippen molar-refractivity contribution in [2.45, 2.75) is 329 Å². The van der Waals surface area contributed by atoms with Crippen LogP contribution in [-0.4, -0.2) is 37.2 Å². The average molecular weight is 892 g/mol. The van der Waals surface area contributed by atoms with Crippen LogP contribution in [0.15, 0.2) is 0 Å². The molecule has 0 aromatic carbocycles. The monoisotopic (exact) mass is 891 g/mol. The van der Waals surface area contributed by atoms with Crippen molar-refractivity contribution < 1.29 is 28.6 Å². The summed E-state index contributed by atoms with van der Waals surface area (Å²) in [6.07, 6.45) is 55.2. The summed E-state index contributed by atoms with van der Waals surface area (Å²) in [6.45, 7) is 9.05. The molecule has 0 spiro atoms. The first-order valence-corrected chi connectivity index (χ1v) is 28.4. The summed E-state index contributed by atoms with van der Waals surface area (Å²) >= 11 is 0. The fraction of sp³-hybridized carbons (Fsp3) is 0.947. The highest BCUT2D eigenvalue weighted by Gasteiger charge is 2.19. The molecule has 0 amide bonds. The second-order valence-electron chi connectivity index (χ2n) is 20.1. The maximum absolute atomic E-state index is 12.8. The number of carbonyl (C=O) groups is 3. The predicted molar refractivity (Wildman–Crippen MR) is 270 cm³/mol. The Morgan fingerprint density at radius 1 is 0.302 bits per heavy atom. The van der Waals surface area contributed by atoms with Gasteiger partial charge in [-0.05, 0) is 25.2 Å². The molecule has 1 atom stereocenters. The van der Waals surface area contributed by atoms with Crippen LogP contribution in [-0.2, 0) is 28.6 Å². The fourth-order valence-electron chi connectivity index (χ4n) is 8.75. The van der Waals surface area contributed by atoms with Gasteiger partial charge in [0.2, 0.25) is 0 Å².